The molecule has 0 aliphatic carbocycles. The van der Waals surface area contributed by atoms with Crippen LogP contribution in [0.4, 0.5) is 0 Å². The van der Waals surface area contributed by atoms with Gasteiger partial charge in [0, 0.05) is 13.0 Å². The fourth-order valence-corrected chi connectivity index (χ4v) is 0.794. The predicted octanol–water partition coefficient (Wildman–Crippen LogP) is 1.00. The van der Waals surface area contributed by atoms with Crippen LogP contribution in [0, 0.1) is 0 Å². The van der Waals surface area contributed by atoms with Crippen molar-refractivity contribution in [2.45, 2.75) is 25.6 Å². The standard InChI is InChI=1S/C5H10O3/c6-8-5-3-1-2-4-7-5/h5-6H,1-4H2/t5-/m1/s1. The highest BCUT2D eigenvalue weighted by Gasteiger charge is 2.12. The molecule has 3 nitrogen and oxygen atoms in total. The minimum absolute atomic E-state index is 0.358. The van der Waals surface area contributed by atoms with E-state index in [9.17, 15) is 0 Å². The van der Waals surface area contributed by atoms with Crippen LogP contribution < -0.4 is 0 Å². The number of rotatable bonds is 1. The van der Waals surface area contributed by atoms with Gasteiger partial charge in [-0.2, -0.15) is 0 Å². The van der Waals surface area contributed by atoms with Crippen LogP contribution in [-0.2, 0) is 9.62 Å². The second-order valence-electron chi connectivity index (χ2n) is 1.90. The van der Waals surface area contributed by atoms with Gasteiger partial charge in [0.05, 0.1) is 0 Å². The lowest BCUT2D eigenvalue weighted by molar-refractivity contribution is -0.352. The Morgan fingerprint density at radius 1 is 1.50 bits per heavy atom. The lowest BCUT2D eigenvalue weighted by atomic mass is 10.2. The summed E-state index contributed by atoms with van der Waals surface area (Å²) in [5, 5.41) is 8.07. The van der Waals surface area contributed by atoms with Crippen LogP contribution in [0.1, 0.15) is 19.3 Å². The molecule has 0 aromatic heterocycles. The molecule has 1 heterocycles. The van der Waals surface area contributed by atoms with Gasteiger partial charge in [0.15, 0.2) is 6.29 Å². The van der Waals surface area contributed by atoms with Crippen LogP contribution in [0.25, 0.3) is 0 Å². The fourth-order valence-electron chi connectivity index (χ4n) is 0.794. The Kier molecular flexibility index (Phi) is 2.27. The van der Waals surface area contributed by atoms with Gasteiger partial charge >= 0.3 is 0 Å². The summed E-state index contributed by atoms with van der Waals surface area (Å²) in [7, 11) is 0. The van der Waals surface area contributed by atoms with Gasteiger partial charge in [-0.3, -0.25) is 0 Å². The third-order valence-electron chi connectivity index (χ3n) is 1.26. The highest BCUT2D eigenvalue weighted by atomic mass is 17.1. The van der Waals surface area contributed by atoms with E-state index in [-0.39, 0.29) is 6.29 Å². The fraction of sp³-hybridized carbons (Fsp3) is 1.00. The summed E-state index contributed by atoms with van der Waals surface area (Å²) < 4.78 is 4.95. The quantitative estimate of drug-likeness (QED) is 0.412. The maximum atomic E-state index is 8.07. The molecule has 0 spiro atoms. The van der Waals surface area contributed by atoms with Gasteiger partial charge in [0.2, 0.25) is 0 Å². The van der Waals surface area contributed by atoms with Crippen molar-refractivity contribution >= 4 is 0 Å². The van der Waals surface area contributed by atoms with Gasteiger partial charge in [-0.05, 0) is 12.8 Å². The Bertz CT molecular complexity index is 58.7. The first kappa shape index (κ1) is 6.01. The van der Waals surface area contributed by atoms with Crippen molar-refractivity contribution in [3.8, 4) is 0 Å². The van der Waals surface area contributed by atoms with Gasteiger partial charge < -0.3 is 4.74 Å². The smallest absolute Gasteiger partial charge is 0.190 e. The van der Waals surface area contributed by atoms with E-state index in [0.29, 0.717) is 6.61 Å². The molecule has 48 valence electrons. The van der Waals surface area contributed by atoms with Crippen molar-refractivity contribution < 1.29 is 14.9 Å². The zero-order valence-electron chi connectivity index (χ0n) is 4.67. The first-order valence-electron chi connectivity index (χ1n) is 2.85. The van der Waals surface area contributed by atoms with Crippen molar-refractivity contribution in [2.24, 2.45) is 0 Å². The summed E-state index contributed by atoms with van der Waals surface area (Å²) in [6.07, 6.45) is 2.63. The number of hydrogen-bond acceptors (Lipinski definition) is 3. The van der Waals surface area contributed by atoms with Crippen molar-refractivity contribution in [3.05, 3.63) is 0 Å². The predicted molar refractivity (Wildman–Crippen MR) is 27.3 cm³/mol. The molecule has 3 heteroatoms. The molecule has 0 aromatic rings. The van der Waals surface area contributed by atoms with E-state index in [1.807, 2.05) is 0 Å². The monoisotopic (exact) mass is 118 g/mol. The lowest BCUT2D eigenvalue weighted by Gasteiger charge is -2.18. The van der Waals surface area contributed by atoms with Crippen LogP contribution in [0.15, 0.2) is 0 Å². The molecule has 0 aromatic carbocycles. The maximum Gasteiger partial charge on any atom is 0.190 e. The minimum Gasteiger partial charge on any atom is -0.350 e. The molecular weight excluding hydrogens is 108 g/mol. The molecule has 0 saturated carbocycles. The van der Waals surface area contributed by atoms with E-state index >= 15 is 0 Å². The van der Waals surface area contributed by atoms with E-state index in [1.165, 1.54) is 0 Å². The normalized spacial score (nSPS) is 30.4. The number of ether oxygens (including phenoxy) is 1. The largest absolute Gasteiger partial charge is 0.350 e. The average molecular weight is 118 g/mol. The Hall–Kier alpha value is -0.120. The molecule has 1 saturated heterocycles. The van der Waals surface area contributed by atoms with Crippen LogP contribution >= 0.6 is 0 Å². The summed E-state index contributed by atoms with van der Waals surface area (Å²) in [5.74, 6) is 0. The summed E-state index contributed by atoms with van der Waals surface area (Å²) >= 11 is 0. The highest BCUT2D eigenvalue weighted by molar-refractivity contribution is 4.51. The van der Waals surface area contributed by atoms with E-state index < -0.39 is 0 Å². The van der Waals surface area contributed by atoms with Crippen LogP contribution in [0.3, 0.4) is 0 Å². The van der Waals surface area contributed by atoms with E-state index in [2.05, 4.69) is 4.89 Å². The lowest BCUT2D eigenvalue weighted by Crippen LogP contribution is -2.20. The average Bonchev–Trinajstić information content (AvgIpc) is 1.90. The zero-order valence-corrected chi connectivity index (χ0v) is 4.67. The van der Waals surface area contributed by atoms with Crippen LogP contribution in [-0.4, -0.2) is 18.2 Å². The van der Waals surface area contributed by atoms with Crippen molar-refractivity contribution in [2.75, 3.05) is 6.61 Å². The van der Waals surface area contributed by atoms with E-state index in [1.54, 1.807) is 0 Å². The zero-order chi connectivity index (χ0) is 5.82. The Morgan fingerprint density at radius 2 is 2.38 bits per heavy atom. The SMILES string of the molecule is OO[C@@H]1CCCCO1. The summed E-state index contributed by atoms with van der Waals surface area (Å²) in [6, 6.07) is 0. The highest BCUT2D eigenvalue weighted by Crippen LogP contribution is 2.11. The maximum absolute atomic E-state index is 8.07. The molecule has 0 radical (unpaired) electrons. The van der Waals surface area contributed by atoms with Gasteiger partial charge in [0.25, 0.3) is 0 Å². The van der Waals surface area contributed by atoms with Crippen LogP contribution in [0.2, 0.25) is 0 Å². The van der Waals surface area contributed by atoms with Crippen LogP contribution in [0.5, 0.6) is 0 Å². The molecular formula is C5H10O3. The van der Waals surface area contributed by atoms with Crippen molar-refractivity contribution in [1.82, 2.24) is 0 Å². The third-order valence-corrected chi connectivity index (χ3v) is 1.26. The summed E-state index contributed by atoms with van der Waals surface area (Å²) in [6.45, 7) is 0.714. The molecule has 1 fully saturated rings. The minimum atomic E-state index is -0.358. The Balaban J connectivity index is 2.13. The molecule has 1 N–H and O–H groups in total. The van der Waals surface area contributed by atoms with Gasteiger partial charge in [-0.1, -0.05) is 0 Å². The number of hydrogen-bond donors (Lipinski definition) is 1. The van der Waals surface area contributed by atoms with Crippen molar-refractivity contribution in [1.29, 1.82) is 0 Å². The molecule has 1 rings (SSSR count). The first-order chi connectivity index (χ1) is 3.93. The molecule has 1 atom stereocenters. The van der Waals surface area contributed by atoms with Gasteiger partial charge in [-0.25, -0.2) is 10.1 Å². The van der Waals surface area contributed by atoms with E-state index in [4.69, 9.17) is 9.99 Å². The topological polar surface area (TPSA) is 38.7 Å². The first-order valence-corrected chi connectivity index (χ1v) is 2.85. The molecule has 0 amide bonds. The summed E-state index contributed by atoms with van der Waals surface area (Å²) in [4.78, 5) is 3.97. The Labute approximate surface area is 48.1 Å². The molecule has 8 heavy (non-hydrogen) atoms. The third kappa shape index (κ3) is 1.43. The second-order valence-corrected chi connectivity index (χ2v) is 1.90. The summed E-state index contributed by atoms with van der Waals surface area (Å²) in [5.41, 5.74) is 0. The van der Waals surface area contributed by atoms with E-state index in [0.717, 1.165) is 19.3 Å². The Morgan fingerprint density at radius 3 is 2.75 bits per heavy atom. The van der Waals surface area contributed by atoms with Gasteiger partial charge in [-0.15, -0.1) is 0 Å². The molecule has 1 aliphatic heterocycles. The van der Waals surface area contributed by atoms with Gasteiger partial charge in [0.1, 0.15) is 0 Å². The molecule has 0 bridgehead atoms. The molecule has 1 aliphatic rings. The van der Waals surface area contributed by atoms with Crippen molar-refractivity contribution in [3.63, 3.8) is 0 Å². The molecule has 0 unspecified atom stereocenters. The second kappa shape index (κ2) is 3.02.